The van der Waals surface area contributed by atoms with E-state index in [-0.39, 0.29) is 5.75 Å². The molecule has 0 aliphatic rings. The molecule has 1 aromatic rings. The third-order valence-corrected chi connectivity index (χ3v) is 5.54. The van der Waals surface area contributed by atoms with Crippen molar-refractivity contribution in [2.45, 2.75) is 17.7 Å². The average Bonchev–Trinajstić information content (AvgIpc) is 2.28. The summed E-state index contributed by atoms with van der Waals surface area (Å²) in [6, 6.07) is 6.71. The zero-order valence-corrected chi connectivity index (χ0v) is 11.8. The maximum Gasteiger partial charge on any atom is 0.169 e. The molecule has 0 radical (unpaired) electrons. The van der Waals surface area contributed by atoms with Gasteiger partial charge in [0.25, 0.3) is 0 Å². The molecule has 90 valence electrons. The molecule has 0 fully saturated rings. The van der Waals surface area contributed by atoms with E-state index in [2.05, 4.69) is 15.9 Å². The molecular weight excluding hydrogens is 316 g/mol. The van der Waals surface area contributed by atoms with Gasteiger partial charge in [0.05, 0.1) is 0 Å². The third kappa shape index (κ3) is 3.20. The summed E-state index contributed by atoms with van der Waals surface area (Å²) in [5, 5.41) is 9.82. The summed E-state index contributed by atoms with van der Waals surface area (Å²) in [7, 11) is -3.45. The molecule has 0 amide bonds. The van der Waals surface area contributed by atoms with Crippen LogP contribution in [0.15, 0.2) is 28.7 Å². The van der Waals surface area contributed by atoms with Gasteiger partial charge >= 0.3 is 0 Å². The lowest BCUT2D eigenvalue weighted by molar-refractivity contribution is 0.191. The van der Waals surface area contributed by atoms with Gasteiger partial charge in [-0.3, -0.25) is 0 Å². The van der Waals surface area contributed by atoms with Gasteiger partial charge in [-0.15, -0.1) is 11.6 Å². The highest BCUT2D eigenvalue weighted by atomic mass is 79.9. The highest BCUT2D eigenvalue weighted by molar-refractivity contribution is 9.10. The Kier molecular flexibility index (Phi) is 4.79. The van der Waals surface area contributed by atoms with Crippen molar-refractivity contribution in [3.63, 3.8) is 0 Å². The average molecular weight is 328 g/mol. The number of aliphatic hydroxyl groups excluding tert-OH is 1. The van der Waals surface area contributed by atoms with Crippen LogP contribution in [0.25, 0.3) is 0 Å². The zero-order chi connectivity index (χ0) is 12.3. The second kappa shape index (κ2) is 5.49. The first-order valence-electron chi connectivity index (χ1n) is 4.67. The molecular formula is C10H12BrClO3S. The van der Waals surface area contributed by atoms with Crippen LogP contribution in [-0.4, -0.2) is 24.0 Å². The first kappa shape index (κ1) is 14.0. The normalized spacial score (nSPS) is 15.8. The summed E-state index contributed by atoms with van der Waals surface area (Å²) in [4.78, 5) is 0. The van der Waals surface area contributed by atoms with Crippen LogP contribution >= 0.6 is 27.5 Å². The fourth-order valence-corrected chi connectivity index (χ4v) is 2.82. The van der Waals surface area contributed by atoms with Crippen molar-refractivity contribution in [1.82, 2.24) is 0 Å². The van der Waals surface area contributed by atoms with Gasteiger partial charge in [-0.25, -0.2) is 8.42 Å². The number of benzene rings is 1. The van der Waals surface area contributed by atoms with Crippen molar-refractivity contribution in [3.8, 4) is 0 Å². The highest BCUT2D eigenvalue weighted by Crippen LogP contribution is 2.26. The van der Waals surface area contributed by atoms with Gasteiger partial charge in [0.1, 0.15) is 6.10 Å². The van der Waals surface area contributed by atoms with Crippen LogP contribution in [0.4, 0.5) is 0 Å². The molecule has 1 rings (SSSR count). The Morgan fingerprint density at radius 1 is 1.38 bits per heavy atom. The topological polar surface area (TPSA) is 54.4 Å². The maximum atomic E-state index is 11.5. The fraction of sp³-hybridized carbons (Fsp3) is 0.400. The number of hydrogen-bond acceptors (Lipinski definition) is 3. The number of rotatable bonds is 4. The Morgan fingerprint density at radius 3 is 2.31 bits per heavy atom. The van der Waals surface area contributed by atoms with Crippen LogP contribution in [0.2, 0.25) is 0 Å². The summed E-state index contributed by atoms with van der Waals surface area (Å²) in [5.41, 5.74) is 0.486. The number of aliphatic hydroxyl groups is 1. The van der Waals surface area contributed by atoms with E-state index in [1.54, 1.807) is 24.3 Å². The Hall–Kier alpha value is -0.100. The van der Waals surface area contributed by atoms with E-state index in [1.165, 1.54) is 6.92 Å². The quantitative estimate of drug-likeness (QED) is 0.864. The summed E-state index contributed by atoms with van der Waals surface area (Å²) in [6.45, 7) is 1.50. The lowest BCUT2D eigenvalue weighted by atomic mass is 10.1. The number of halogens is 2. The van der Waals surface area contributed by atoms with Gasteiger partial charge in [-0.05, 0) is 17.7 Å². The predicted molar refractivity (Wildman–Crippen MR) is 68.2 cm³/mol. The molecule has 0 aromatic heterocycles. The summed E-state index contributed by atoms with van der Waals surface area (Å²) < 4.78 is 22.5. The molecule has 0 bridgehead atoms. The minimum atomic E-state index is -3.45. The van der Waals surface area contributed by atoms with E-state index in [1.807, 2.05) is 0 Å². The standard InChI is InChI=1S/C10H12BrClO3S/c1-2-16(14,15)10(12)9(13)7-3-5-8(11)6-4-7/h3-6,9-10,13H,2H2,1H3. The first-order valence-corrected chi connectivity index (χ1v) is 7.62. The molecule has 1 N–H and O–H groups in total. The smallest absolute Gasteiger partial charge is 0.169 e. The van der Waals surface area contributed by atoms with E-state index in [9.17, 15) is 13.5 Å². The van der Waals surface area contributed by atoms with Crippen molar-refractivity contribution in [2.75, 3.05) is 5.75 Å². The molecule has 0 aliphatic heterocycles. The van der Waals surface area contributed by atoms with E-state index in [0.29, 0.717) is 5.56 Å². The molecule has 0 aliphatic carbocycles. The van der Waals surface area contributed by atoms with Crippen molar-refractivity contribution < 1.29 is 13.5 Å². The van der Waals surface area contributed by atoms with Crippen molar-refractivity contribution in [2.24, 2.45) is 0 Å². The van der Waals surface area contributed by atoms with Crippen molar-refractivity contribution in [3.05, 3.63) is 34.3 Å². The monoisotopic (exact) mass is 326 g/mol. The van der Waals surface area contributed by atoms with Crippen LogP contribution < -0.4 is 0 Å². The Bertz CT molecular complexity index is 444. The molecule has 2 unspecified atom stereocenters. The van der Waals surface area contributed by atoms with Crippen molar-refractivity contribution >= 4 is 37.4 Å². The maximum absolute atomic E-state index is 11.5. The lowest BCUT2D eigenvalue weighted by Gasteiger charge is -2.16. The van der Waals surface area contributed by atoms with Gasteiger partial charge in [-0.2, -0.15) is 0 Å². The number of alkyl halides is 1. The van der Waals surface area contributed by atoms with Gasteiger partial charge in [-0.1, -0.05) is 35.0 Å². The summed E-state index contributed by atoms with van der Waals surface area (Å²) in [6.07, 6.45) is -1.21. The van der Waals surface area contributed by atoms with E-state index in [4.69, 9.17) is 11.6 Å². The molecule has 0 heterocycles. The van der Waals surface area contributed by atoms with Crippen LogP contribution in [0, 0.1) is 0 Å². The van der Waals surface area contributed by atoms with Gasteiger partial charge in [0, 0.05) is 10.2 Å². The lowest BCUT2D eigenvalue weighted by Crippen LogP contribution is -2.24. The summed E-state index contributed by atoms with van der Waals surface area (Å²) >= 11 is 9.00. The fourth-order valence-electron chi connectivity index (χ4n) is 1.17. The molecule has 0 spiro atoms. The largest absolute Gasteiger partial charge is 0.386 e. The molecule has 2 atom stereocenters. The Balaban J connectivity index is 2.94. The second-order valence-electron chi connectivity index (χ2n) is 3.30. The molecule has 0 saturated heterocycles. The van der Waals surface area contributed by atoms with Gasteiger partial charge < -0.3 is 5.11 Å². The highest BCUT2D eigenvalue weighted by Gasteiger charge is 2.29. The molecule has 6 heteroatoms. The van der Waals surface area contributed by atoms with Crippen molar-refractivity contribution in [1.29, 1.82) is 0 Å². The Morgan fingerprint density at radius 2 is 1.88 bits per heavy atom. The van der Waals surface area contributed by atoms with E-state index in [0.717, 1.165) is 4.47 Å². The van der Waals surface area contributed by atoms with Gasteiger partial charge in [0.2, 0.25) is 0 Å². The van der Waals surface area contributed by atoms with Crippen LogP contribution in [0.5, 0.6) is 0 Å². The molecule has 1 aromatic carbocycles. The molecule has 3 nitrogen and oxygen atoms in total. The van der Waals surface area contributed by atoms with Gasteiger partial charge in [0.15, 0.2) is 14.5 Å². The molecule has 0 saturated carbocycles. The van der Waals surface area contributed by atoms with E-state index >= 15 is 0 Å². The predicted octanol–water partition coefficient (Wildman–Crippen LogP) is 2.48. The zero-order valence-electron chi connectivity index (χ0n) is 8.60. The third-order valence-electron chi connectivity index (χ3n) is 2.21. The minimum absolute atomic E-state index is 0.0885. The van der Waals surface area contributed by atoms with E-state index < -0.39 is 20.7 Å². The molecule has 16 heavy (non-hydrogen) atoms. The van der Waals surface area contributed by atoms with Crippen LogP contribution in [0.3, 0.4) is 0 Å². The SMILES string of the molecule is CCS(=O)(=O)C(Cl)C(O)c1ccc(Br)cc1. The second-order valence-corrected chi connectivity index (χ2v) is 7.35. The first-order chi connectivity index (χ1) is 7.38. The minimum Gasteiger partial charge on any atom is -0.386 e. The summed E-state index contributed by atoms with van der Waals surface area (Å²) in [5.74, 6) is -0.0885. The Labute approximate surface area is 108 Å². The number of sulfone groups is 1. The van der Waals surface area contributed by atoms with Crippen LogP contribution in [0.1, 0.15) is 18.6 Å². The number of hydrogen-bond donors (Lipinski definition) is 1. The van der Waals surface area contributed by atoms with Crippen LogP contribution in [-0.2, 0) is 9.84 Å².